The van der Waals surface area contributed by atoms with Gasteiger partial charge in [-0.2, -0.15) is 4.98 Å². The van der Waals surface area contributed by atoms with Crippen molar-refractivity contribution in [3.8, 4) is 0 Å². The van der Waals surface area contributed by atoms with Gasteiger partial charge in [0.1, 0.15) is 5.82 Å². The van der Waals surface area contributed by atoms with E-state index in [1.54, 1.807) is 6.20 Å². The van der Waals surface area contributed by atoms with E-state index >= 15 is 0 Å². The van der Waals surface area contributed by atoms with Gasteiger partial charge in [-0.05, 0) is 19.8 Å². The molecule has 2 rings (SSSR count). The molecule has 1 aliphatic heterocycles. The van der Waals surface area contributed by atoms with Crippen LogP contribution in [0.2, 0.25) is 0 Å². The van der Waals surface area contributed by atoms with E-state index in [4.69, 9.17) is 10.6 Å². The molecule has 1 aromatic rings. The lowest BCUT2D eigenvalue weighted by Crippen LogP contribution is -2.23. The van der Waals surface area contributed by atoms with Crippen LogP contribution in [0.4, 0.5) is 11.8 Å². The van der Waals surface area contributed by atoms with Gasteiger partial charge in [0.25, 0.3) is 0 Å². The zero-order valence-corrected chi connectivity index (χ0v) is 10.9. The third kappa shape index (κ3) is 2.88. The lowest BCUT2D eigenvalue weighted by atomic mass is 10.00. The molecule has 1 aliphatic rings. The number of anilines is 2. The number of aromatic nitrogens is 2. The van der Waals surface area contributed by atoms with Gasteiger partial charge in [-0.15, -0.1) is 0 Å². The Bertz CT molecular complexity index is 398. The molecule has 0 aliphatic carbocycles. The number of ether oxygens (including phenoxy) is 1. The SMILES string of the molecule is CCC1OCCC1CNc1nc(NN)ncc1C. The molecule has 6 nitrogen and oxygen atoms in total. The third-order valence-corrected chi connectivity index (χ3v) is 3.38. The van der Waals surface area contributed by atoms with E-state index < -0.39 is 0 Å². The van der Waals surface area contributed by atoms with Crippen LogP contribution in [-0.2, 0) is 4.74 Å². The predicted octanol–water partition coefficient (Wildman–Crippen LogP) is 1.30. The van der Waals surface area contributed by atoms with Gasteiger partial charge in [0.15, 0.2) is 0 Å². The van der Waals surface area contributed by atoms with Crippen LogP contribution in [0.15, 0.2) is 6.20 Å². The first-order valence-corrected chi connectivity index (χ1v) is 6.40. The third-order valence-electron chi connectivity index (χ3n) is 3.38. The molecule has 2 atom stereocenters. The molecule has 0 bridgehead atoms. The molecular weight excluding hydrogens is 230 g/mol. The first kappa shape index (κ1) is 13.0. The van der Waals surface area contributed by atoms with Gasteiger partial charge in [-0.1, -0.05) is 6.92 Å². The van der Waals surface area contributed by atoms with Crippen molar-refractivity contribution in [2.75, 3.05) is 23.9 Å². The van der Waals surface area contributed by atoms with Crippen molar-refractivity contribution in [1.82, 2.24) is 9.97 Å². The molecule has 0 radical (unpaired) electrons. The Hall–Kier alpha value is -1.40. The first-order chi connectivity index (χ1) is 8.74. The van der Waals surface area contributed by atoms with E-state index in [9.17, 15) is 0 Å². The van der Waals surface area contributed by atoms with Crippen molar-refractivity contribution >= 4 is 11.8 Å². The summed E-state index contributed by atoms with van der Waals surface area (Å²) in [6, 6.07) is 0. The summed E-state index contributed by atoms with van der Waals surface area (Å²) < 4.78 is 5.67. The van der Waals surface area contributed by atoms with Crippen molar-refractivity contribution in [3.05, 3.63) is 11.8 Å². The van der Waals surface area contributed by atoms with E-state index in [2.05, 4.69) is 27.6 Å². The summed E-state index contributed by atoms with van der Waals surface area (Å²) in [6.45, 7) is 5.88. The number of nitrogens with one attached hydrogen (secondary N) is 2. The van der Waals surface area contributed by atoms with Gasteiger partial charge in [0.2, 0.25) is 5.95 Å². The van der Waals surface area contributed by atoms with E-state index in [0.29, 0.717) is 18.0 Å². The quantitative estimate of drug-likeness (QED) is 0.540. The van der Waals surface area contributed by atoms with Crippen LogP contribution in [0, 0.1) is 12.8 Å². The van der Waals surface area contributed by atoms with E-state index in [-0.39, 0.29) is 0 Å². The minimum Gasteiger partial charge on any atom is -0.378 e. The molecule has 6 heteroatoms. The molecule has 4 N–H and O–H groups in total. The largest absolute Gasteiger partial charge is 0.378 e. The Kier molecular flexibility index (Phi) is 4.33. The van der Waals surface area contributed by atoms with Gasteiger partial charge in [-0.3, -0.25) is 5.43 Å². The van der Waals surface area contributed by atoms with Crippen molar-refractivity contribution in [3.63, 3.8) is 0 Å². The maximum atomic E-state index is 5.67. The van der Waals surface area contributed by atoms with Crippen LogP contribution >= 0.6 is 0 Å². The molecule has 1 fully saturated rings. The molecule has 1 saturated heterocycles. The number of aryl methyl sites for hydroxylation is 1. The smallest absolute Gasteiger partial charge is 0.239 e. The molecular formula is C12H21N5O. The van der Waals surface area contributed by atoms with Crippen LogP contribution in [0.5, 0.6) is 0 Å². The minimum atomic E-state index is 0.367. The second-order valence-electron chi connectivity index (χ2n) is 4.62. The van der Waals surface area contributed by atoms with Crippen LogP contribution in [0.3, 0.4) is 0 Å². The van der Waals surface area contributed by atoms with Crippen LogP contribution in [-0.4, -0.2) is 29.2 Å². The van der Waals surface area contributed by atoms with Crippen molar-refractivity contribution in [2.24, 2.45) is 11.8 Å². The Labute approximate surface area is 107 Å². The van der Waals surface area contributed by atoms with Gasteiger partial charge in [-0.25, -0.2) is 10.8 Å². The monoisotopic (exact) mass is 251 g/mol. The molecule has 2 heterocycles. The zero-order valence-electron chi connectivity index (χ0n) is 10.9. The number of nitrogen functional groups attached to an aromatic ring is 1. The average molecular weight is 251 g/mol. The highest BCUT2D eigenvalue weighted by Crippen LogP contribution is 2.24. The highest BCUT2D eigenvalue weighted by molar-refractivity contribution is 5.46. The van der Waals surface area contributed by atoms with Crippen LogP contribution in [0.25, 0.3) is 0 Å². The summed E-state index contributed by atoms with van der Waals surface area (Å²) in [5.74, 6) is 7.12. The Morgan fingerprint density at radius 1 is 1.56 bits per heavy atom. The maximum Gasteiger partial charge on any atom is 0.239 e. The number of nitrogens with two attached hydrogens (primary N) is 1. The fourth-order valence-electron chi connectivity index (χ4n) is 2.30. The van der Waals surface area contributed by atoms with E-state index in [0.717, 1.165) is 37.4 Å². The highest BCUT2D eigenvalue weighted by Gasteiger charge is 2.26. The van der Waals surface area contributed by atoms with E-state index in [1.807, 2.05) is 6.92 Å². The highest BCUT2D eigenvalue weighted by atomic mass is 16.5. The molecule has 0 amide bonds. The van der Waals surface area contributed by atoms with Crippen LogP contribution < -0.4 is 16.6 Å². The summed E-state index contributed by atoms with van der Waals surface area (Å²) in [6.07, 6.45) is 4.29. The van der Waals surface area contributed by atoms with Crippen molar-refractivity contribution in [1.29, 1.82) is 0 Å². The molecule has 2 unspecified atom stereocenters. The zero-order chi connectivity index (χ0) is 13.0. The summed E-state index contributed by atoms with van der Waals surface area (Å²) in [5.41, 5.74) is 3.47. The van der Waals surface area contributed by atoms with E-state index in [1.165, 1.54) is 0 Å². The molecule has 18 heavy (non-hydrogen) atoms. The van der Waals surface area contributed by atoms with Gasteiger partial charge >= 0.3 is 0 Å². The number of hydrogen-bond donors (Lipinski definition) is 3. The summed E-state index contributed by atoms with van der Waals surface area (Å²) in [4.78, 5) is 8.36. The molecule has 0 saturated carbocycles. The standard InChI is InChI=1S/C12H21N5O/c1-3-10-9(4-5-18-10)7-14-11-8(2)6-15-12(16-11)17-13/h6,9-10H,3-5,7,13H2,1-2H3,(H2,14,15,16,17). The number of rotatable bonds is 5. The second-order valence-corrected chi connectivity index (χ2v) is 4.62. The van der Waals surface area contributed by atoms with Crippen molar-refractivity contribution < 1.29 is 4.74 Å². The summed E-state index contributed by atoms with van der Waals surface area (Å²) in [5, 5.41) is 3.37. The fourth-order valence-corrected chi connectivity index (χ4v) is 2.30. The van der Waals surface area contributed by atoms with Gasteiger partial charge in [0.05, 0.1) is 6.10 Å². The normalized spacial score (nSPS) is 23.1. The van der Waals surface area contributed by atoms with Crippen LogP contribution in [0.1, 0.15) is 25.3 Å². The first-order valence-electron chi connectivity index (χ1n) is 6.40. The molecule has 0 aromatic carbocycles. The Morgan fingerprint density at radius 2 is 2.39 bits per heavy atom. The van der Waals surface area contributed by atoms with Crippen molar-refractivity contribution in [2.45, 2.75) is 32.8 Å². The lowest BCUT2D eigenvalue weighted by molar-refractivity contribution is 0.0900. The number of nitrogens with zero attached hydrogens (tertiary/aromatic N) is 2. The minimum absolute atomic E-state index is 0.367. The number of hydrazine groups is 1. The molecule has 0 spiro atoms. The molecule has 100 valence electrons. The lowest BCUT2D eigenvalue weighted by Gasteiger charge is -2.18. The summed E-state index contributed by atoms with van der Waals surface area (Å²) >= 11 is 0. The number of hydrogen-bond acceptors (Lipinski definition) is 6. The maximum absolute atomic E-state index is 5.67. The second kappa shape index (κ2) is 5.97. The summed E-state index contributed by atoms with van der Waals surface area (Å²) in [7, 11) is 0. The topological polar surface area (TPSA) is 85.1 Å². The van der Waals surface area contributed by atoms with Gasteiger partial charge in [0, 0.05) is 30.8 Å². The van der Waals surface area contributed by atoms with Gasteiger partial charge < -0.3 is 10.1 Å². The average Bonchev–Trinajstić information content (AvgIpc) is 2.85. The Balaban J connectivity index is 1.97. The molecule has 1 aromatic heterocycles. The predicted molar refractivity (Wildman–Crippen MR) is 71.2 cm³/mol. The fraction of sp³-hybridized carbons (Fsp3) is 0.667. The Morgan fingerprint density at radius 3 is 3.11 bits per heavy atom.